The van der Waals surface area contributed by atoms with Gasteiger partial charge in [0.25, 0.3) is 5.91 Å². The normalized spacial score (nSPS) is 10.1. The second-order valence-corrected chi connectivity index (χ2v) is 4.01. The van der Waals surface area contributed by atoms with Gasteiger partial charge in [0.1, 0.15) is 0 Å². The van der Waals surface area contributed by atoms with Crippen LogP contribution >= 0.6 is 0 Å². The van der Waals surface area contributed by atoms with Gasteiger partial charge in [0.2, 0.25) is 0 Å². The second-order valence-electron chi connectivity index (χ2n) is 4.01. The van der Waals surface area contributed by atoms with Crippen molar-refractivity contribution in [3.8, 4) is 0 Å². The van der Waals surface area contributed by atoms with E-state index >= 15 is 0 Å². The van der Waals surface area contributed by atoms with E-state index in [0.717, 1.165) is 11.1 Å². The van der Waals surface area contributed by atoms with E-state index in [-0.39, 0.29) is 12.5 Å². The molecular formula is C14H19NO2. The van der Waals surface area contributed by atoms with Gasteiger partial charge in [0.15, 0.2) is 0 Å². The first-order chi connectivity index (χ1) is 8.11. The average molecular weight is 233 g/mol. The maximum atomic E-state index is 12.3. The first-order valence-corrected chi connectivity index (χ1v) is 5.69. The van der Waals surface area contributed by atoms with Crippen molar-refractivity contribution in [2.24, 2.45) is 0 Å². The Kier molecular flexibility index (Phi) is 4.91. The minimum absolute atomic E-state index is 0.0373. The summed E-state index contributed by atoms with van der Waals surface area (Å²) in [5.41, 5.74) is 2.78. The number of benzene rings is 1. The van der Waals surface area contributed by atoms with Gasteiger partial charge in [0.05, 0.1) is 6.61 Å². The smallest absolute Gasteiger partial charge is 0.254 e. The molecule has 0 bridgehead atoms. The minimum Gasteiger partial charge on any atom is -0.395 e. The van der Waals surface area contributed by atoms with Crippen LogP contribution in [0.2, 0.25) is 0 Å². The highest BCUT2D eigenvalue weighted by Crippen LogP contribution is 2.14. The number of hydrogen-bond donors (Lipinski definition) is 1. The number of nitrogens with zero attached hydrogens (tertiary/aromatic N) is 1. The molecule has 0 saturated carbocycles. The molecule has 17 heavy (non-hydrogen) atoms. The third-order valence-electron chi connectivity index (χ3n) is 2.84. The number of aryl methyl sites for hydroxylation is 1. The van der Waals surface area contributed by atoms with Crippen molar-refractivity contribution in [2.75, 3.05) is 19.7 Å². The number of carbonyl (C=O) groups excluding carboxylic acids is 1. The first-order valence-electron chi connectivity index (χ1n) is 5.69. The number of aliphatic hydroxyl groups excluding tert-OH is 1. The molecule has 1 aromatic carbocycles. The summed E-state index contributed by atoms with van der Waals surface area (Å²) in [5, 5.41) is 8.95. The summed E-state index contributed by atoms with van der Waals surface area (Å²) in [4.78, 5) is 13.9. The average Bonchev–Trinajstić information content (AvgIpc) is 2.31. The number of carbonyl (C=O) groups is 1. The highest BCUT2D eigenvalue weighted by molar-refractivity contribution is 5.96. The van der Waals surface area contributed by atoms with E-state index in [9.17, 15) is 4.79 Å². The van der Waals surface area contributed by atoms with Crippen molar-refractivity contribution in [3.63, 3.8) is 0 Å². The number of rotatable bonds is 5. The molecule has 3 heteroatoms. The first kappa shape index (κ1) is 13.5. The molecule has 0 aromatic heterocycles. The molecule has 0 heterocycles. The van der Waals surface area contributed by atoms with Crippen molar-refractivity contribution in [2.45, 2.75) is 13.8 Å². The van der Waals surface area contributed by atoms with Crippen molar-refractivity contribution in [1.29, 1.82) is 0 Å². The van der Waals surface area contributed by atoms with Gasteiger partial charge >= 0.3 is 0 Å². The molecule has 1 amide bonds. The van der Waals surface area contributed by atoms with Crippen LogP contribution in [0.15, 0.2) is 30.9 Å². The van der Waals surface area contributed by atoms with Crippen LogP contribution in [-0.4, -0.2) is 35.6 Å². The molecule has 1 N–H and O–H groups in total. The lowest BCUT2D eigenvalue weighted by molar-refractivity contribution is 0.0742. The van der Waals surface area contributed by atoms with Crippen LogP contribution in [0.25, 0.3) is 0 Å². The molecule has 92 valence electrons. The maximum Gasteiger partial charge on any atom is 0.254 e. The largest absolute Gasteiger partial charge is 0.395 e. The lowest BCUT2D eigenvalue weighted by Gasteiger charge is -2.21. The van der Waals surface area contributed by atoms with E-state index in [1.807, 2.05) is 32.0 Å². The van der Waals surface area contributed by atoms with Crippen LogP contribution in [0.4, 0.5) is 0 Å². The maximum absolute atomic E-state index is 12.3. The molecular weight excluding hydrogens is 214 g/mol. The van der Waals surface area contributed by atoms with Crippen LogP contribution in [0.5, 0.6) is 0 Å². The Labute approximate surface area is 102 Å². The Morgan fingerprint density at radius 2 is 2.18 bits per heavy atom. The summed E-state index contributed by atoms with van der Waals surface area (Å²) in [5.74, 6) is -0.0554. The molecule has 0 atom stereocenters. The Balaban J connectivity index is 3.00. The van der Waals surface area contributed by atoms with Gasteiger partial charge in [0, 0.05) is 18.7 Å². The molecule has 3 nitrogen and oxygen atoms in total. The molecule has 0 radical (unpaired) electrons. The van der Waals surface area contributed by atoms with Gasteiger partial charge in [-0.1, -0.05) is 18.2 Å². The third kappa shape index (κ3) is 3.17. The molecule has 1 aromatic rings. The fourth-order valence-corrected chi connectivity index (χ4v) is 1.71. The highest BCUT2D eigenvalue weighted by Gasteiger charge is 2.16. The van der Waals surface area contributed by atoms with Gasteiger partial charge in [-0.15, -0.1) is 6.58 Å². The molecule has 0 aliphatic heterocycles. The summed E-state index contributed by atoms with van der Waals surface area (Å²) in [6.45, 7) is 8.29. The molecule has 0 fully saturated rings. The van der Waals surface area contributed by atoms with Crippen LogP contribution < -0.4 is 0 Å². The summed E-state index contributed by atoms with van der Waals surface area (Å²) in [6.07, 6.45) is 1.67. The van der Waals surface area contributed by atoms with E-state index in [1.54, 1.807) is 11.0 Å². The van der Waals surface area contributed by atoms with Gasteiger partial charge in [-0.25, -0.2) is 0 Å². The minimum atomic E-state index is -0.0554. The zero-order valence-electron chi connectivity index (χ0n) is 10.4. The summed E-state index contributed by atoms with van der Waals surface area (Å²) < 4.78 is 0. The van der Waals surface area contributed by atoms with Gasteiger partial charge < -0.3 is 10.0 Å². The monoisotopic (exact) mass is 233 g/mol. The Morgan fingerprint density at radius 1 is 1.47 bits per heavy atom. The van der Waals surface area contributed by atoms with Crippen molar-refractivity contribution >= 4 is 5.91 Å². The molecule has 0 spiro atoms. The van der Waals surface area contributed by atoms with Gasteiger partial charge in [-0.2, -0.15) is 0 Å². The fraction of sp³-hybridized carbons (Fsp3) is 0.357. The molecule has 0 aliphatic carbocycles. The quantitative estimate of drug-likeness (QED) is 0.789. The number of aliphatic hydroxyl groups is 1. The molecule has 0 saturated heterocycles. The fourth-order valence-electron chi connectivity index (χ4n) is 1.71. The van der Waals surface area contributed by atoms with Gasteiger partial charge in [-0.3, -0.25) is 4.79 Å². The highest BCUT2D eigenvalue weighted by atomic mass is 16.3. The molecule has 0 unspecified atom stereocenters. The topological polar surface area (TPSA) is 40.5 Å². The van der Waals surface area contributed by atoms with E-state index in [1.165, 1.54) is 0 Å². The summed E-state index contributed by atoms with van der Waals surface area (Å²) >= 11 is 0. The van der Waals surface area contributed by atoms with E-state index in [2.05, 4.69) is 6.58 Å². The Bertz CT molecular complexity index is 413. The molecule has 1 rings (SSSR count). The zero-order valence-corrected chi connectivity index (χ0v) is 10.4. The van der Waals surface area contributed by atoms with E-state index in [0.29, 0.717) is 18.7 Å². The van der Waals surface area contributed by atoms with Crippen molar-refractivity contribution in [1.82, 2.24) is 4.90 Å². The zero-order chi connectivity index (χ0) is 12.8. The summed E-state index contributed by atoms with van der Waals surface area (Å²) in [6, 6.07) is 5.68. The van der Waals surface area contributed by atoms with E-state index in [4.69, 9.17) is 5.11 Å². The van der Waals surface area contributed by atoms with Crippen LogP contribution in [0, 0.1) is 13.8 Å². The second kappa shape index (κ2) is 6.21. The third-order valence-corrected chi connectivity index (χ3v) is 2.84. The van der Waals surface area contributed by atoms with Crippen molar-refractivity contribution < 1.29 is 9.90 Å². The SMILES string of the molecule is C=CCN(CCO)C(=O)c1cccc(C)c1C. The molecule has 0 aliphatic rings. The van der Waals surface area contributed by atoms with Crippen LogP contribution in [-0.2, 0) is 0 Å². The standard InChI is InChI=1S/C14H19NO2/c1-4-8-15(9-10-16)14(17)13-7-5-6-11(2)12(13)3/h4-7,16H,1,8-10H2,2-3H3. The van der Waals surface area contributed by atoms with Crippen LogP contribution in [0.1, 0.15) is 21.5 Å². The number of amides is 1. The van der Waals surface area contributed by atoms with E-state index < -0.39 is 0 Å². The predicted molar refractivity (Wildman–Crippen MR) is 69.1 cm³/mol. The summed E-state index contributed by atoms with van der Waals surface area (Å²) in [7, 11) is 0. The van der Waals surface area contributed by atoms with Crippen molar-refractivity contribution in [3.05, 3.63) is 47.5 Å². The lowest BCUT2D eigenvalue weighted by Crippen LogP contribution is -2.34. The lowest BCUT2D eigenvalue weighted by atomic mass is 10.0. The Hall–Kier alpha value is -1.61. The number of hydrogen-bond acceptors (Lipinski definition) is 2. The van der Waals surface area contributed by atoms with Gasteiger partial charge in [-0.05, 0) is 31.0 Å². The Morgan fingerprint density at radius 3 is 2.76 bits per heavy atom. The van der Waals surface area contributed by atoms with Crippen LogP contribution in [0.3, 0.4) is 0 Å². The predicted octanol–water partition coefficient (Wildman–Crippen LogP) is 1.92.